The number of aromatic nitrogens is 3. The fourth-order valence-electron chi connectivity index (χ4n) is 5.87. The molecular weight excluding hydrogens is 500 g/mol. The summed E-state index contributed by atoms with van der Waals surface area (Å²) in [7, 11) is 0. The van der Waals surface area contributed by atoms with E-state index in [1.807, 2.05) is 49.4 Å². The van der Waals surface area contributed by atoms with Crippen LogP contribution in [-0.4, -0.2) is 27.3 Å². The second-order valence-corrected chi connectivity index (χ2v) is 10.4. The van der Waals surface area contributed by atoms with Gasteiger partial charge in [-0.2, -0.15) is 5.10 Å². The van der Waals surface area contributed by atoms with Gasteiger partial charge < -0.3 is 15.2 Å². The molecule has 0 bridgehead atoms. The number of para-hydroxylation sites is 1. The number of carbonyl (C=O) groups excluding carboxylic acids is 1. The van der Waals surface area contributed by atoms with E-state index in [4.69, 9.17) is 20.3 Å². The van der Waals surface area contributed by atoms with E-state index in [1.54, 1.807) is 6.20 Å². The van der Waals surface area contributed by atoms with Crippen LogP contribution in [-0.2, 0) is 22.6 Å². The number of nitrogens with zero attached hydrogens (tertiary/aromatic N) is 3. The van der Waals surface area contributed by atoms with E-state index >= 15 is 0 Å². The summed E-state index contributed by atoms with van der Waals surface area (Å²) in [4.78, 5) is 16.4. The molecule has 6 rings (SSSR count). The maximum atomic E-state index is 12.2. The van der Waals surface area contributed by atoms with Crippen LogP contribution < -0.4 is 10.5 Å². The lowest BCUT2D eigenvalue weighted by molar-refractivity contribution is -0.142. The first kappa shape index (κ1) is 25.9. The third-order valence-corrected chi connectivity index (χ3v) is 7.83. The van der Waals surface area contributed by atoms with Gasteiger partial charge in [-0.1, -0.05) is 61.7 Å². The van der Waals surface area contributed by atoms with Crippen LogP contribution in [0.2, 0.25) is 0 Å². The van der Waals surface area contributed by atoms with Gasteiger partial charge in [0.2, 0.25) is 0 Å². The van der Waals surface area contributed by atoms with Crippen molar-refractivity contribution in [3.63, 3.8) is 0 Å². The first-order valence-electron chi connectivity index (χ1n) is 14.1. The lowest BCUT2D eigenvalue weighted by Crippen LogP contribution is -2.14. The summed E-state index contributed by atoms with van der Waals surface area (Å²) >= 11 is 0. The molecule has 204 valence electrons. The Labute approximate surface area is 233 Å². The van der Waals surface area contributed by atoms with Crippen molar-refractivity contribution in [3.8, 4) is 16.9 Å². The third kappa shape index (κ3) is 5.11. The van der Waals surface area contributed by atoms with E-state index in [2.05, 4.69) is 33.9 Å². The predicted octanol–water partition coefficient (Wildman–Crippen LogP) is 7.02. The van der Waals surface area contributed by atoms with Gasteiger partial charge in [0, 0.05) is 22.5 Å². The number of hydrogen-bond donors (Lipinski definition) is 1. The molecule has 0 unspecified atom stereocenters. The Morgan fingerprint density at radius 2 is 1.82 bits per heavy atom. The first-order valence-corrected chi connectivity index (χ1v) is 14.1. The van der Waals surface area contributed by atoms with E-state index in [0.717, 1.165) is 56.9 Å². The fraction of sp³-hybridized carbons (Fsp3) is 0.303. The maximum Gasteiger partial charge on any atom is 0.310 e. The molecule has 2 heterocycles. The monoisotopic (exact) mass is 534 g/mol. The smallest absolute Gasteiger partial charge is 0.310 e. The molecule has 7 nitrogen and oxygen atoms in total. The van der Waals surface area contributed by atoms with E-state index in [-0.39, 0.29) is 12.4 Å². The molecule has 0 spiro atoms. The van der Waals surface area contributed by atoms with Gasteiger partial charge in [0.15, 0.2) is 0 Å². The Bertz CT molecular complexity index is 1670. The van der Waals surface area contributed by atoms with Crippen LogP contribution in [0.1, 0.15) is 56.3 Å². The molecule has 1 aliphatic rings. The molecule has 40 heavy (non-hydrogen) atoms. The number of nitrogens with two attached hydrogens (primary N) is 1. The van der Waals surface area contributed by atoms with Crippen molar-refractivity contribution in [2.24, 2.45) is 0 Å². The summed E-state index contributed by atoms with van der Waals surface area (Å²) in [5.41, 5.74) is 11.2. The summed E-state index contributed by atoms with van der Waals surface area (Å²) in [6.07, 6.45) is 7.93. The van der Waals surface area contributed by atoms with E-state index in [9.17, 15) is 4.79 Å². The second-order valence-electron chi connectivity index (χ2n) is 10.4. The maximum absolute atomic E-state index is 12.2. The van der Waals surface area contributed by atoms with Gasteiger partial charge in [0.1, 0.15) is 23.9 Å². The lowest BCUT2D eigenvalue weighted by Gasteiger charge is -2.22. The Balaban J connectivity index is 1.39. The van der Waals surface area contributed by atoms with Crippen molar-refractivity contribution in [1.29, 1.82) is 0 Å². The zero-order valence-electron chi connectivity index (χ0n) is 22.8. The SMILES string of the molecule is CCOC(=O)Cc1ccccc1OCc1nn(C2CCCCC2)c2ccc(-c3cccc4c(N)nccc34)cc12. The van der Waals surface area contributed by atoms with E-state index in [0.29, 0.717) is 30.8 Å². The Morgan fingerprint density at radius 3 is 2.67 bits per heavy atom. The zero-order chi connectivity index (χ0) is 27.5. The number of hydrogen-bond acceptors (Lipinski definition) is 6. The molecule has 1 saturated carbocycles. The molecule has 5 aromatic rings. The number of nitrogen functional groups attached to an aromatic ring is 1. The highest BCUT2D eigenvalue weighted by Gasteiger charge is 2.22. The highest BCUT2D eigenvalue weighted by atomic mass is 16.5. The van der Waals surface area contributed by atoms with Crippen molar-refractivity contribution < 1.29 is 14.3 Å². The fourth-order valence-corrected chi connectivity index (χ4v) is 5.87. The highest BCUT2D eigenvalue weighted by molar-refractivity contribution is 6.02. The van der Waals surface area contributed by atoms with Crippen LogP contribution in [0.15, 0.2) is 72.9 Å². The standard InChI is InChI=1S/C33H34N4O3/c1-2-39-32(38)20-23-9-6-7-14-31(23)40-21-29-28-19-22(25-12-8-13-27-26(25)17-18-35-33(27)34)15-16-30(28)37(36-29)24-10-4-3-5-11-24/h6-9,12-19,24H,2-5,10-11,20-21H2,1H3,(H2,34,35). The van der Waals surface area contributed by atoms with Gasteiger partial charge in [-0.05, 0) is 60.5 Å². The summed E-state index contributed by atoms with van der Waals surface area (Å²) < 4.78 is 13.7. The largest absolute Gasteiger partial charge is 0.487 e. The third-order valence-electron chi connectivity index (χ3n) is 7.83. The highest BCUT2D eigenvalue weighted by Crippen LogP contribution is 2.36. The first-order chi connectivity index (χ1) is 19.6. The number of ether oxygens (including phenoxy) is 2. The molecule has 3 aromatic carbocycles. The molecule has 0 aliphatic heterocycles. The van der Waals surface area contributed by atoms with Crippen LogP contribution in [0.5, 0.6) is 5.75 Å². The molecule has 2 aromatic heterocycles. The molecule has 2 N–H and O–H groups in total. The van der Waals surface area contributed by atoms with Gasteiger partial charge in [0.25, 0.3) is 0 Å². The van der Waals surface area contributed by atoms with Crippen molar-refractivity contribution in [1.82, 2.24) is 14.8 Å². The predicted molar refractivity (Wildman–Crippen MR) is 158 cm³/mol. The summed E-state index contributed by atoms with van der Waals surface area (Å²) in [6.45, 7) is 2.47. The van der Waals surface area contributed by atoms with Gasteiger partial charge in [0.05, 0.1) is 24.6 Å². The van der Waals surface area contributed by atoms with Crippen LogP contribution in [0, 0.1) is 0 Å². The van der Waals surface area contributed by atoms with E-state index in [1.165, 1.54) is 19.3 Å². The van der Waals surface area contributed by atoms with Crippen LogP contribution in [0.4, 0.5) is 5.82 Å². The van der Waals surface area contributed by atoms with E-state index < -0.39 is 0 Å². The van der Waals surface area contributed by atoms with Crippen LogP contribution in [0.25, 0.3) is 32.8 Å². The summed E-state index contributed by atoms with van der Waals surface area (Å²) in [6, 6.07) is 22.8. The van der Waals surface area contributed by atoms with Gasteiger partial charge in [-0.25, -0.2) is 4.98 Å². The number of anilines is 1. The minimum Gasteiger partial charge on any atom is -0.487 e. The average molecular weight is 535 g/mol. The topological polar surface area (TPSA) is 92.3 Å². The van der Waals surface area contributed by atoms with Crippen LogP contribution in [0.3, 0.4) is 0 Å². The minimum absolute atomic E-state index is 0.171. The number of fused-ring (bicyclic) bond motifs is 2. The quantitative estimate of drug-likeness (QED) is 0.215. The Kier molecular flexibility index (Phi) is 7.36. The molecule has 0 radical (unpaired) electrons. The lowest BCUT2D eigenvalue weighted by atomic mass is 9.95. The number of carbonyl (C=O) groups is 1. The molecule has 1 fully saturated rings. The van der Waals surface area contributed by atoms with Crippen molar-refractivity contribution in [2.45, 2.75) is 58.1 Å². The van der Waals surface area contributed by atoms with Gasteiger partial charge >= 0.3 is 5.97 Å². The summed E-state index contributed by atoms with van der Waals surface area (Å²) in [5, 5.41) is 8.22. The molecule has 0 saturated heterocycles. The van der Waals surface area contributed by atoms with Gasteiger partial charge in [-0.15, -0.1) is 0 Å². The second kappa shape index (κ2) is 11.4. The zero-order valence-corrected chi connectivity index (χ0v) is 22.8. The average Bonchev–Trinajstić information content (AvgIpc) is 3.35. The van der Waals surface area contributed by atoms with Crippen molar-refractivity contribution in [3.05, 3.63) is 84.2 Å². The molecule has 0 atom stereocenters. The minimum atomic E-state index is -0.263. The Morgan fingerprint density at radius 1 is 0.975 bits per heavy atom. The van der Waals surface area contributed by atoms with Crippen molar-refractivity contribution >= 4 is 33.5 Å². The molecule has 7 heteroatoms. The number of esters is 1. The molecular formula is C33H34N4O3. The van der Waals surface area contributed by atoms with Crippen molar-refractivity contribution in [2.75, 3.05) is 12.3 Å². The molecule has 0 amide bonds. The van der Waals surface area contributed by atoms with Crippen LogP contribution >= 0.6 is 0 Å². The van der Waals surface area contributed by atoms with Gasteiger partial charge in [-0.3, -0.25) is 9.48 Å². The number of benzene rings is 3. The number of pyridine rings is 1. The normalized spacial score (nSPS) is 14.0. The molecule has 1 aliphatic carbocycles. The Hall–Kier alpha value is -4.39. The number of rotatable bonds is 8. The summed E-state index contributed by atoms with van der Waals surface area (Å²) in [5.74, 6) is 0.936.